The van der Waals surface area contributed by atoms with Crippen LogP contribution in [0.25, 0.3) is 137 Å². The standard InChI is InChI=1S/C29H31N3.C27H27N3.C26H25N3O.C24H21N3/c1-4-5-6-7-8-23-13-19-26(20-14-23)29-31-27(24-15-9-21(2)10-16-24)30-28(32-29)25-17-11-22(3)12-18-25;1-18-6-10-20(11-7-18)24-28-25(21-12-8-19(2)9-13-21)30-26(29-24)22-14-16-23(17-15-22)27(3,4)5;1-4-17-30-23-15-13-22(14-16-23)26-28-24(20-9-5-18(2)6-10-20)27-25(29-26)21-11-7-19(3)8-12-21;1-16-4-10-19(11-5-16)22-25-23(20-12-6-17(2)7-13-20)27-24(26-22)21-14-8-18(3)9-15-21/h9-20H,4-8H2,1-3H3;6-17H,1-5H3;5-16H,4,17H2,1-3H3;4-15H,1-3H3. The Hall–Kier alpha value is -13.5. The van der Waals surface area contributed by atoms with E-state index >= 15 is 0 Å². The number of benzene rings is 12. The molecule has 119 heavy (non-hydrogen) atoms. The second-order valence-corrected chi connectivity index (χ2v) is 31.7. The molecule has 0 N–H and O–H groups in total. The molecule has 594 valence electrons. The largest absolute Gasteiger partial charge is 0.494 e. The maximum atomic E-state index is 5.70. The highest BCUT2D eigenvalue weighted by Crippen LogP contribution is 2.33. The van der Waals surface area contributed by atoms with Gasteiger partial charge in [0.05, 0.1) is 6.61 Å². The van der Waals surface area contributed by atoms with Crippen LogP contribution >= 0.6 is 0 Å². The first-order chi connectivity index (χ1) is 57.6. The van der Waals surface area contributed by atoms with Crippen molar-refractivity contribution in [3.63, 3.8) is 0 Å². The normalized spacial score (nSPS) is 11.0. The van der Waals surface area contributed by atoms with Crippen LogP contribution in [0.15, 0.2) is 291 Å². The number of rotatable bonds is 20. The summed E-state index contributed by atoms with van der Waals surface area (Å²) in [6, 6.07) is 99.8. The van der Waals surface area contributed by atoms with Crippen LogP contribution in [0.1, 0.15) is 128 Å². The van der Waals surface area contributed by atoms with Gasteiger partial charge in [-0.05, 0) is 122 Å². The Morgan fingerprint density at radius 2 is 0.378 bits per heavy atom. The lowest BCUT2D eigenvalue weighted by molar-refractivity contribution is 0.317. The van der Waals surface area contributed by atoms with Gasteiger partial charge in [-0.3, -0.25) is 0 Å². The average Bonchev–Trinajstić information content (AvgIpc) is 0.816. The monoisotopic (exact) mass is 1560 g/mol. The molecule has 0 atom stereocenters. The molecule has 13 heteroatoms. The number of nitrogens with zero attached hydrogens (tertiary/aromatic N) is 12. The van der Waals surface area contributed by atoms with Crippen molar-refractivity contribution >= 4 is 0 Å². The van der Waals surface area contributed by atoms with Crippen molar-refractivity contribution in [2.75, 3.05) is 6.61 Å². The smallest absolute Gasteiger partial charge is 0.164 e. The molecule has 0 fully saturated rings. The van der Waals surface area contributed by atoms with E-state index in [9.17, 15) is 0 Å². The van der Waals surface area contributed by atoms with Crippen LogP contribution in [0.3, 0.4) is 0 Å². The second kappa shape index (κ2) is 39.4. The minimum Gasteiger partial charge on any atom is -0.494 e. The van der Waals surface area contributed by atoms with Gasteiger partial charge in [-0.2, -0.15) is 0 Å². The van der Waals surface area contributed by atoms with E-state index in [-0.39, 0.29) is 5.41 Å². The van der Waals surface area contributed by atoms with Gasteiger partial charge in [0.15, 0.2) is 69.9 Å². The zero-order valence-electron chi connectivity index (χ0n) is 70.9. The molecule has 0 amide bonds. The average molecular weight is 1560 g/mol. The number of hydrogen-bond acceptors (Lipinski definition) is 13. The quantitative estimate of drug-likeness (QED) is 0.0663. The van der Waals surface area contributed by atoms with Crippen molar-refractivity contribution < 1.29 is 4.74 Å². The summed E-state index contributed by atoms with van der Waals surface area (Å²) >= 11 is 0. The molecule has 12 aromatic carbocycles. The van der Waals surface area contributed by atoms with Crippen molar-refractivity contribution in [2.45, 2.75) is 141 Å². The van der Waals surface area contributed by atoms with E-state index in [1.165, 1.54) is 86.9 Å². The minimum absolute atomic E-state index is 0.109. The molecule has 0 aliphatic rings. The molecule has 4 heterocycles. The zero-order chi connectivity index (χ0) is 83.4. The van der Waals surface area contributed by atoms with Crippen LogP contribution in [0, 0.1) is 62.3 Å². The molecule has 16 aromatic rings. The van der Waals surface area contributed by atoms with E-state index in [2.05, 4.69) is 364 Å². The maximum Gasteiger partial charge on any atom is 0.164 e. The summed E-state index contributed by atoms with van der Waals surface area (Å²) in [5, 5.41) is 0. The highest BCUT2D eigenvalue weighted by molar-refractivity contribution is 5.72. The summed E-state index contributed by atoms with van der Waals surface area (Å²) in [5.74, 6) is 9.10. The maximum absolute atomic E-state index is 5.70. The molecule has 4 aromatic heterocycles. The Morgan fingerprint density at radius 1 is 0.202 bits per heavy atom. The summed E-state index contributed by atoms with van der Waals surface area (Å²) < 4.78 is 5.70. The van der Waals surface area contributed by atoms with E-state index in [0.717, 1.165) is 85.4 Å². The Morgan fingerprint density at radius 3 is 0.555 bits per heavy atom. The Bertz CT molecular complexity index is 5630. The van der Waals surface area contributed by atoms with Crippen LogP contribution in [0.2, 0.25) is 0 Å². The topological polar surface area (TPSA) is 164 Å². The molecule has 0 saturated heterocycles. The van der Waals surface area contributed by atoms with Gasteiger partial charge in [-0.1, -0.05) is 371 Å². The first kappa shape index (κ1) is 83.4. The molecule has 13 nitrogen and oxygen atoms in total. The van der Waals surface area contributed by atoms with Crippen LogP contribution in [-0.4, -0.2) is 66.4 Å². The van der Waals surface area contributed by atoms with Gasteiger partial charge < -0.3 is 4.74 Å². The first-order valence-corrected chi connectivity index (χ1v) is 41.2. The summed E-state index contributed by atoms with van der Waals surface area (Å²) in [6.45, 7) is 30.4. The fourth-order valence-electron chi connectivity index (χ4n) is 13.0. The molecular formula is C106H104N12O. The predicted octanol–water partition coefficient (Wildman–Crippen LogP) is 26.5. The highest BCUT2D eigenvalue weighted by Gasteiger charge is 2.20. The number of aryl methyl sites for hydroxylation is 10. The lowest BCUT2D eigenvalue weighted by Crippen LogP contribution is -2.10. The molecule has 0 bridgehead atoms. The van der Waals surface area contributed by atoms with Crippen molar-refractivity contribution in [3.8, 4) is 142 Å². The first-order valence-electron chi connectivity index (χ1n) is 41.2. The zero-order valence-corrected chi connectivity index (χ0v) is 70.9. The van der Waals surface area contributed by atoms with E-state index < -0.39 is 0 Å². The van der Waals surface area contributed by atoms with E-state index in [1.54, 1.807) is 0 Å². The van der Waals surface area contributed by atoms with Crippen molar-refractivity contribution in [3.05, 3.63) is 352 Å². The SMILES string of the molecule is CCCCCCc1ccc(-c2nc(-c3ccc(C)cc3)nc(-c3ccc(C)cc3)n2)cc1.CCCOc1ccc(-c2nc(-c3ccc(C)cc3)nc(-c3ccc(C)cc3)n2)cc1.Cc1ccc(-c2nc(-c3ccc(C)cc3)nc(-c3ccc(C(C)(C)C)cc3)n2)cc1.Cc1ccc(-c2nc(-c3ccc(C)cc3)nc(-c3ccc(C)cc3)n2)cc1. The van der Waals surface area contributed by atoms with Gasteiger partial charge in [-0.15, -0.1) is 0 Å². The van der Waals surface area contributed by atoms with Crippen molar-refractivity contribution in [1.82, 2.24) is 59.8 Å². The van der Waals surface area contributed by atoms with Crippen molar-refractivity contribution in [1.29, 1.82) is 0 Å². The lowest BCUT2D eigenvalue weighted by atomic mass is 9.87. The minimum atomic E-state index is 0.109. The van der Waals surface area contributed by atoms with Crippen molar-refractivity contribution in [2.24, 2.45) is 0 Å². The van der Waals surface area contributed by atoms with Gasteiger partial charge in [0.1, 0.15) is 5.75 Å². The summed E-state index contributed by atoms with van der Waals surface area (Å²) in [7, 11) is 0. The van der Waals surface area contributed by atoms with Gasteiger partial charge >= 0.3 is 0 Å². The fourth-order valence-corrected chi connectivity index (χ4v) is 13.0. The number of hydrogen-bond donors (Lipinski definition) is 0. The predicted molar refractivity (Wildman–Crippen MR) is 490 cm³/mol. The van der Waals surface area contributed by atoms with E-state index in [4.69, 9.17) is 64.5 Å². The molecule has 0 radical (unpaired) electrons. The lowest BCUT2D eigenvalue weighted by Gasteiger charge is -2.19. The number of ether oxygens (including phenoxy) is 1. The molecule has 16 rings (SSSR count). The molecule has 0 aliphatic heterocycles. The third-order valence-corrected chi connectivity index (χ3v) is 20.5. The van der Waals surface area contributed by atoms with Gasteiger partial charge in [0, 0.05) is 66.8 Å². The molecule has 0 aliphatic carbocycles. The summed E-state index contributed by atoms with van der Waals surface area (Å²) in [6.07, 6.45) is 7.23. The molecular weight excluding hydrogens is 1460 g/mol. The molecule has 0 unspecified atom stereocenters. The molecule has 0 saturated carbocycles. The Balaban J connectivity index is 0.000000138. The van der Waals surface area contributed by atoms with Crippen LogP contribution in [-0.2, 0) is 11.8 Å². The highest BCUT2D eigenvalue weighted by atomic mass is 16.5. The number of aromatic nitrogens is 12. The number of unbranched alkanes of at least 4 members (excludes halogenated alkanes) is 3. The van der Waals surface area contributed by atoms with Gasteiger partial charge in [0.25, 0.3) is 0 Å². The van der Waals surface area contributed by atoms with Crippen LogP contribution < -0.4 is 4.74 Å². The van der Waals surface area contributed by atoms with Gasteiger partial charge in [-0.25, -0.2) is 59.8 Å². The second-order valence-electron chi connectivity index (χ2n) is 31.7. The van der Waals surface area contributed by atoms with E-state index in [0.29, 0.717) is 76.5 Å². The Kier molecular flexibility index (Phi) is 27.6. The Labute approximate surface area is 702 Å². The molecule has 0 spiro atoms. The van der Waals surface area contributed by atoms with Crippen LogP contribution in [0.4, 0.5) is 0 Å². The third-order valence-electron chi connectivity index (χ3n) is 20.5. The fraction of sp³-hybridized carbons (Fsp3) is 0.208. The summed E-state index contributed by atoms with van der Waals surface area (Å²) in [5.41, 5.74) is 25.5. The third kappa shape index (κ3) is 23.0. The summed E-state index contributed by atoms with van der Waals surface area (Å²) in [4.78, 5) is 57.5. The van der Waals surface area contributed by atoms with E-state index in [1.807, 2.05) is 24.3 Å². The van der Waals surface area contributed by atoms with Crippen LogP contribution in [0.5, 0.6) is 5.75 Å². The van der Waals surface area contributed by atoms with Gasteiger partial charge in [0.2, 0.25) is 0 Å².